The van der Waals surface area contributed by atoms with E-state index in [0.29, 0.717) is 29.7 Å². The van der Waals surface area contributed by atoms with E-state index in [1.807, 2.05) is 0 Å². The van der Waals surface area contributed by atoms with Crippen molar-refractivity contribution in [3.8, 4) is 0 Å². The van der Waals surface area contributed by atoms with E-state index in [9.17, 15) is 70.7 Å². The highest BCUT2D eigenvalue weighted by Crippen LogP contribution is 2.62. The Kier molecular flexibility index (Phi) is 7.46. The maximum Gasteiger partial charge on any atom is 0.460 e. The summed E-state index contributed by atoms with van der Waals surface area (Å²) in [5, 5.41) is 0. The predicted molar refractivity (Wildman–Crippen MR) is 70.2 cm³/mol. The second kappa shape index (κ2) is 7.69. The van der Waals surface area contributed by atoms with Crippen LogP contribution in [-0.4, -0.2) is 58.7 Å². The molecule has 0 saturated heterocycles. The Morgan fingerprint density at radius 2 is 1.00 bits per heavy atom. The number of carbonyl (C=O) groups excluding carboxylic acids is 1. The number of hydrogen-bond acceptors (Lipinski definition) is 2. The lowest BCUT2D eigenvalue weighted by Crippen LogP contribution is -2.72. The molecule has 0 aromatic heterocycles. The minimum Gasteiger partial charge on any atom is -0.468 e. The molecule has 0 rings (SSSR count). The summed E-state index contributed by atoms with van der Waals surface area (Å²) < 4.78 is 195. The van der Waals surface area contributed by atoms with Crippen molar-refractivity contribution in [3.05, 3.63) is 0 Å². The summed E-state index contributed by atoms with van der Waals surface area (Å²) in [4.78, 5) is 10.9. The van der Waals surface area contributed by atoms with E-state index in [-0.39, 0.29) is 0 Å². The zero-order valence-electron chi connectivity index (χ0n) is 13.1. The van der Waals surface area contributed by atoms with Crippen LogP contribution in [0.1, 0.15) is 6.42 Å². The lowest BCUT2D eigenvalue weighted by molar-refractivity contribution is -0.452. The molecule has 0 N–H and O–H groups in total. The van der Waals surface area contributed by atoms with E-state index in [1.165, 1.54) is 0 Å². The van der Waals surface area contributed by atoms with Crippen molar-refractivity contribution in [2.24, 2.45) is 0 Å². The summed E-state index contributed by atoms with van der Waals surface area (Å²) >= 11 is 0.584. The van der Waals surface area contributed by atoms with Crippen molar-refractivity contribution in [1.82, 2.24) is 0 Å². The quantitative estimate of drug-likeness (QED) is 0.158. The number of alkyl halides is 16. The number of carbonyl (C=O) groups is 1. The molecular formula is C11H6F15IO2. The molecule has 1 unspecified atom stereocenters. The first-order valence-corrected chi connectivity index (χ1v) is 7.67. The predicted octanol–water partition coefficient (Wildman–Crippen LogP) is 5.73. The molecule has 1 atom stereocenters. The topological polar surface area (TPSA) is 26.3 Å². The van der Waals surface area contributed by atoms with Gasteiger partial charge in [0, 0.05) is 6.42 Å². The van der Waals surface area contributed by atoms with Crippen molar-refractivity contribution in [1.29, 1.82) is 0 Å². The Balaban J connectivity index is 6.39. The van der Waals surface area contributed by atoms with Gasteiger partial charge in [0.25, 0.3) is 0 Å². The normalized spacial score (nSPS) is 16.6. The fourth-order valence-electron chi connectivity index (χ4n) is 1.56. The molecule has 0 radical (unpaired) electrons. The molecule has 0 aromatic carbocycles. The van der Waals surface area contributed by atoms with Crippen LogP contribution >= 0.6 is 22.6 Å². The van der Waals surface area contributed by atoms with Gasteiger partial charge in [0.1, 0.15) is 3.92 Å². The van der Waals surface area contributed by atoms with E-state index in [0.717, 1.165) is 0 Å². The zero-order chi connectivity index (χ0) is 24.1. The summed E-state index contributed by atoms with van der Waals surface area (Å²) in [7, 11) is 0.493. The van der Waals surface area contributed by atoms with Crippen molar-refractivity contribution in [3.63, 3.8) is 0 Å². The van der Waals surface area contributed by atoms with E-state index in [2.05, 4.69) is 4.74 Å². The monoisotopic (exact) mass is 582 g/mol. The Morgan fingerprint density at radius 1 is 0.690 bits per heavy atom. The number of hydrogen-bond donors (Lipinski definition) is 0. The fourth-order valence-corrected chi connectivity index (χ4v) is 2.37. The molecule has 0 aliphatic rings. The van der Waals surface area contributed by atoms with Crippen LogP contribution in [0.4, 0.5) is 65.9 Å². The van der Waals surface area contributed by atoms with Crippen LogP contribution in [0.25, 0.3) is 0 Å². The Hall–Kier alpha value is -0.850. The van der Waals surface area contributed by atoms with Gasteiger partial charge in [-0.25, -0.2) is 0 Å². The average Bonchev–Trinajstić information content (AvgIpc) is 2.51. The number of methoxy groups -OCH3 is 1. The molecule has 18 heteroatoms. The first-order chi connectivity index (χ1) is 12.4. The molecule has 29 heavy (non-hydrogen) atoms. The number of ether oxygens (including phenoxy) is 1. The first kappa shape index (κ1) is 28.1. The van der Waals surface area contributed by atoms with Gasteiger partial charge in [-0.2, -0.15) is 65.9 Å². The second-order valence-electron chi connectivity index (χ2n) is 5.27. The molecule has 0 saturated carbocycles. The third-order valence-corrected chi connectivity index (χ3v) is 4.23. The minimum absolute atomic E-state index is 0.493. The van der Waals surface area contributed by atoms with Crippen molar-refractivity contribution >= 4 is 28.6 Å². The van der Waals surface area contributed by atoms with Crippen LogP contribution in [0.2, 0.25) is 0 Å². The highest BCUT2D eigenvalue weighted by molar-refractivity contribution is 14.1. The van der Waals surface area contributed by atoms with Crippen LogP contribution in [0.3, 0.4) is 0 Å². The molecule has 0 heterocycles. The van der Waals surface area contributed by atoms with E-state index >= 15 is 0 Å². The summed E-state index contributed by atoms with van der Waals surface area (Å²) in [6.07, 6.45) is -10.4. The van der Waals surface area contributed by atoms with Crippen molar-refractivity contribution < 1.29 is 75.4 Å². The third kappa shape index (κ3) is 4.17. The van der Waals surface area contributed by atoms with E-state index in [4.69, 9.17) is 0 Å². The number of halogens is 16. The average molecular weight is 582 g/mol. The summed E-state index contributed by atoms with van der Waals surface area (Å²) in [6, 6.07) is 0. The zero-order valence-corrected chi connectivity index (χ0v) is 15.3. The Bertz CT molecular complexity index is 612. The van der Waals surface area contributed by atoms with Crippen molar-refractivity contribution in [2.75, 3.05) is 7.11 Å². The Labute approximate surface area is 163 Å². The van der Waals surface area contributed by atoms with Crippen LogP contribution in [0.5, 0.6) is 0 Å². The van der Waals surface area contributed by atoms with Crippen LogP contribution < -0.4 is 0 Å². The smallest absolute Gasteiger partial charge is 0.460 e. The van der Waals surface area contributed by atoms with E-state index < -0.39 is 58.0 Å². The second-order valence-corrected chi connectivity index (χ2v) is 6.77. The number of esters is 1. The highest BCUT2D eigenvalue weighted by Gasteiger charge is 2.93. The molecule has 0 aliphatic heterocycles. The molecule has 0 amide bonds. The van der Waals surface area contributed by atoms with Crippen LogP contribution in [0.15, 0.2) is 0 Å². The SMILES string of the molecule is COC(=O)C(I)CC(F)(F)C(F)(F)C(F)(F)C(F)(F)C(F)(F)C(F)(F)C(F)(F)F. The summed E-state index contributed by atoms with van der Waals surface area (Å²) in [6.45, 7) is 0. The van der Waals surface area contributed by atoms with Gasteiger partial charge in [0.15, 0.2) is 0 Å². The molecule has 0 spiro atoms. The lowest BCUT2D eigenvalue weighted by atomic mass is 9.89. The van der Waals surface area contributed by atoms with Gasteiger partial charge in [0.2, 0.25) is 0 Å². The minimum atomic E-state index is -8.34. The molecular weight excluding hydrogens is 576 g/mol. The molecule has 174 valence electrons. The van der Waals surface area contributed by atoms with Gasteiger partial charge in [0.05, 0.1) is 7.11 Å². The van der Waals surface area contributed by atoms with Gasteiger partial charge < -0.3 is 4.74 Å². The molecule has 0 fully saturated rings. The largest absolute Gasteiger partial charge is 0.468 e. The van der Waals surface area contributed by atoms with Gasteiger partial charge in [-0.3, -0.25) is 4.79 Å². The highest BCUT2D eigenvalue weighted by atomic mass is 127. The maximum absolute atomic E-state index is 13.5. The standard InChI is InChI=1S/C11H6F15IO2/c1-29-4(28)3(27)2-5(12,13)6(14,15)7(16,17)8(18,19)9(20,21)10(22,23)11(24,25)26/h3H,2H2,1H3. The van der Waals surface area contributed by atoms with Crippen LogP contribution in [-0.2, 0) is 9.53 Å². The first-order valence-electron chi connectivity index (χ1n) is 6.42. The van der Waals surface area contributed by atoms with E-state index in [1.54, 1.807) is 0 Å². The molecule has 2 nitrogen and oxygen atoms in total. The van der Waals surface area contributed by atoms with Gasteiger partial charge in [-0.15, -0.1) is 0 Å². The lowest BCUT2D eigenvalue weighted by Gasteiger charge is -2.41. The molecule has 0 aromatic rings. The van der Waals surface area contributed by atoms with Gasteiger partial charge in [-0.05, 0) is 0 Å². The number of rotatable bonds is 8. The maximum atomic E-state index is 13.5. The fraction of sp³-hybridized carbons (Fsp3) is 0.909. The molecule has 0 bridgehead atoms. The third-order valence-electron chi connectivity index (χ3n) is 3.29. The summed E-state index contributed by atoms with van der Waals surface area (Å²) in [5.41, 5.74) is 0. The molecule has 0 aliphatic carbocycles. The van der Waals surface area contributed by atoms with Gasteiger partial charge >= 0.3 is 47.7 Å². The van der Waals surface area contributed by atoms with Crippen LogP contribution in [0, 0.1) is 0 Å². The Morgan fingerprint density at radius 3 is 1.31 bits per heavy atom. The summed E-state index contributed by atoms with van der Waals surface area (Å²) in [5.74, 6) is -48.7. The van der Waals surface area contributed by atoms with Crippen molar-refractivity contribution in [2.45, 2.75) is 52.1 Å². The van der Waals surface area contributed by atoms with Gasteiger partial charge in [-0.1, -0.05) is 22.6 Å².